The Morgan fingerprint density at radius 1 is 1.50 bits per heavy atom. The van der Waals surface area contributed by atoms with Crippen molar-refractivity contribution in [1.82, 2.24) is 10.6 Å². The molecule has 4 nitrogen and oxygen atoms in total. The van der Waals surface area contributed by atoms with Gasteiger partial charge in [0.05, 0.1) is 13.2 Å². The number of rotatable bonds is 5. The molecule has 4 heteroatoms. The lowest BCUT2D eigenvalue weighted by atomic mass is 10.1. The standard InChI is InChI=1S/C14H20N2O2/c1-18-13-7-3-2-5-11(13)8-10-16-14(17)12-6-4-9-15-12/h2-3,5,7,12,15H,4,6,8-10H2,1H3,(H,16,17)/t12-/m0/s1. The highest BCUT2D eigenvalue weighted by Crippen LogP contribution is 2.17. The van der Waals surface area contributed by atoms with E-state index in [4.69, 9.17) is 4.74 Å². The molecule has 1 aromatic rings. The molecule has 0 aromatic heterocycles. The van der Waals surface area contributed by atoms with Gasteiger partial charge in [-0.25, -0.2) is 0 Å². The molecule has 0 spiro atoms. The van der Waals surface area contributed by atoms with E-state index in [0.29, 0.717) is 6.54 Å². The van der Waals surface area contributed by atoms with Crippen LogP contribution in [0.1, 0.15) is 18.4 Å². The molecule has 2 N–H and O–H groups in total. The molecule has 0 bridgehead atoms. The van der Waals surface area contributed by atoms with Crippen molar-refractivity contribution in [3.63, 3.8) is 0 Å². The van der Waals surface area contributed by atoms with E-state index in [1.807, 2.05) is 24.3 Å². The van der Waals surface area contributed by atoms with Crippen molar-refractivity contribution in [3.8, 4) is 5.75 Å². The zero-order chi connectivity index (χ0) is 12.8. The Morgan fingerprint density at radius 3 is 3.06 bits per heavy atom. The zero-order valence-electron chi connectivity index (χ0n) is 10.7. The summed E-state index contributed by atoms with van der Waals surface area (Å²) in [6, 6.07) is 7.90. The quantitative estimate of drug-likeness (QED) is 0.820. The van der Waals surface area contributed by atoms with E-state index in [1.54, 1.807) is 7.11 Å². The van der Waals surface area contributed by atoms with Crippen LogP contribution in [0.15, 0.2) is 24.3 Å². The normalized spacial score (nSPS) is 18.6. The van der Waals surface area contributed by atoms with Crippen LogP contribution in [0.5, 0.6) is 5.75 Å². The first-order valence-electron chi connectivity index (χ1n) is 6.44. The minimum Gasteiger partial charge on any atom is -0.496 e. The average molecular weight is 248 g/mol. The molecule has 0 radical (unpaired) electrons. The lowest BCUT2D eigenvalue weighted by molar-refractivity contribution is -0.122. The van der Waals surface area contributed by atoms with E-state index in [2.05, 4.69) is 10.6 Å². The summed E-state index contributed by atoms with van der Waals surface area (Å²) in [4.78, 5) is 11.8. The fourth-order valence-electron chi connectivity index (χ4n) is 2.26. The fraction of sp³-hybridized carbons (Fsp3) is 0.500. The topological polar surface area (TPSA) is 50.4 Å². The summed E-state index contributed by atoms with van der Waals surface area (Å²) in [6.07, 6.45) is 2.83. The molecule has 0 aliphatic carbocycles. The number of ether oxygens (including phenoxy) is 1. The Morgan fingerprint density at radius 2 is 2.33 bits per heavy atom. The molecule has 2 rings (SSSR count). The summed E-state index contributed by atoms with van der Waals surface area (Å²) in [5.74, 6) is 0.994. The molecule has 1 fully saturated rings. The van der Waals surface area contributed by atoms with E-state index >= 15 is 0 Å². The summed E-state index contributed by atoms with van der Waals surface area (Å²) in [6.45, 7) is 1.60. The van der Waals surface area contributed by atoms with Gasteiger partial charge in [0.25, 0.3) is 0 Å². The van der Waals surface area contributed by atoms with Gasteiger partial charge < -0.3 is 15.4 Å². The maximum atomic E-state index is 11.8. The van der Waals surface area contributed by atoms with Crippen LogP contribution >= 0.6 is 0 Å². The van der Waals surface area contributed by atoms with Gasteiger partial charge in [-0.15, -0.1) is 0 Å². The molecule has 1 saturated heterocycles. The van der Waals surface area contributed by atoms with Gasteiger partial charge in [0.1, 0.15) is 5.75 Å². The number of carbonyl (C=O) groups excluding carboxylic acids is 1. The van der Waals surface area contributed by atoms with Crippen LogP contribution in [0.2, 0.25) is 0 Å². The average Bonchev–Trinajstić information content (AvgIpc) is 2.93. The maximum absolute atomic E-state index is 11.8. The van der Waals surface area contributed by atoms with Gasteiger partial charge in [-0.05, 0) is 37.4 Å². The Hall–Kier alpha value is -1.55. The monoisotopic (exact) mass is 248 g/mol. The first-order valence-corrected chi connectivity index (χ1v) is 6.44. The number of carbonyl (C=O) groups is 1. The number of para-hydroxylation sites is 1. The van der Waals surface area contributed by atoms with Crippen LogP contribution in [-0.4, -0.2) is 32.1 Å². The molecule has 0 saturated carbocycles. The summed E-state index contributed by atoms with van der Waals surface area (Å²) < 4.78 is 5.28. The molecule has 0 unspecified atom stereocenters. The predicted octanol–water partition coefficient (Wildman–Crippen LogP) is 1.11. The Balaban J connectivity index is 1.79. The van der Waals surface area contributed by atoms with Gasteiger partial charge >= 0.3 is 0 Å². The lowest BCUT2D eigenvalue weighted by Crippen LogP contribution is -2.41. The highest BCUT2D eigenvalue weighted by atomic mass is 16.5. The largest absolute Gasteiger partial charge is 0.496 e. The summed E-state index contributed by atoms with van der Waals surface area (Å²) in [5, 5.41) is 6.16. The third-order valence-electron chi connectivity index (χ3n) is 3.26. The van der Waals surface area contributed by atoms with Crippen molar-refractivity contribution in [3.05, 3.63) is 29.8 Å². The summed E-state index contributed by atoms with van der Waals surface area (Å²) in [7, 11) is 1.67. The molecule has 1 aliphatic rings. The number of nitrogens with one attached hydrogen (secondary N) is 2. The van der Waals surface area contributed by atoms with E-state index < -0.39 is 0 Å². The van der Waals surface area contributed by atoms with Crippen LogP contribution in [0.25, 0.3) is 0 Å². The second-order valence-corrected chi connectivity index (χ2v) is 4.50. The van der Waals surface area contributed by atoms with Crippen LogP contribution in [0, 0.1) is 0 Å². The van der Waals surface area contributed by atoms with E-state index in [1.165, 1.54) is 0 Å². The molecule has 1 amide bonds. The van der Waals surface area contributed by atoms with E-state index in [0.717, 1.165) is 37.1 Å². The van der Waals surface area contributed by atoms with Crippen molar-refractivity contribution in [2.45, 2.75) is 25.3 Å². The molecule has 1 aliphatic heterocycles. The Kier molecular flexibility index (Phi) is 4.59. The second-order valence-electron chi connectivity index (χ2n) is 4.50. The smallest absolute Gasteiger partial charge is 0.237 e. The number of amides is 1. The van der Waals surface area contributed by atoms with Gasteiger partial charge in [-0.3, -0.25) is 4.79 Å². The van der Waals surface area contributed by atoms with E-state index in [9.17, 15) is 4.79 Å². The van der Waals surface area contributed by atoms with E-state index in [-0.39, 0.29) is 11.9 Å². The third-order valence-corrected chi connectivity index (χ3v) is 3.26. The Bertz CT molecular complexity index is 401. The van der Waals surface area contributed by atoms with Crippen molar-refractivity contribution >= 4 is 5.91 Å². The second kappa shape index (κ2) is 6.40. The van der Waals surface area contributed by atoms with Crippen molar-refractivity contribution in [2.24, 2.45) is 0 Å². The SMILES string of the molecule is COc1ccccc1CCNC(=O)[C@@H]1CCCN1. The minimum atomic E-state index is 0.00247. The summed E-state index contributed by atoms with van der Waals surface area (Å²) >= 11 is 0. The predicted molar refractivity (Wildman–Crippen MR) is 70.7 cm³/mol. The molecule has 1 atom stereocenters. The van der Waals surface area contributed by atoms with Crippen LogP contribution < -0.4 is 15.4 Å². The highest BCUT2D eigenvalue weighted by molar-refractivity contribution is 5.81. The maximum Gasteiger partial charge on any atom is 0.237 e. The third kappa shape index (κ3) is 3.23. The number of hydrogen-bond donors (Lipinski definition) is 2. The van der Waals surface area contributed by atoms with Crippen molar-refractivity contribution in [2.75, 3.05) is 20.2 Å². The fourth-order valence-corrected chi connectivity index (χ4v) is 2.26. The molecule has 18 heavy (non-hydrogen) atoms. The minimum absolute atomic E-state index is 0.00247. The first-order chi connectivity index (χ1) is 8.81. The highest BCUT2D eigenvalue weighted by Gasteiger charge is 2.21. The number of hydrogen-bond acceptors (Lipinski definition) is 3. The molecule has 98 valence electrons. The van der Waals surface area contributed by atoms with Crippen LogP contribution in [0.3, 0.4) is 0 Å². The molecule has 1 heterocycles. The molecule has 1 aromatic carbocycles. The summed E-state index contributed by atoms with van der Waals surface area (Å²) in [5.41, 5.74) is 1.12. The zero-order valence-corrected chi connectivity index (χ0v) is 10.7. The molecular weight excluding hydrogens is 228 g/mol. The first kappa shape index (κ1) is 12.9. The van der Waals surface area contributed by atoms with Gasteiger partial charge in [0, 0.05) is 6.54 Å². The lowest BCUT2D eigenvalue weighted by Gasteiger charge is -2.12. The van der Waals surface area contributed by atoms with Gasteiger partial charge in [0.15, 0.2) is 0 Å². The van der Waals surface area contributed by atoms with Gasteiger partial charge in [0.2, 0.25) is 5.91 Å². The van der Waals surface area contributed by atoms with Crippen LogP contribution in [-0.2, 0) is 11.2 Å². The van der Waals surface area contributed by atoms with Gasteiger partial charge in [-0.2, -0.15) is 0 Å². The number of benzene rings is 1. The Labute approximate surface area is 108 Å². The van der Waals surface area contributed by atoms with Crippen molar-refractivity contribution in [1.29, 1.82) is 0 Å². The van der Waals surface area contributed by atoms with Crippen molar-refractivity contribution < 1.29 is 9.53 Å². The molecular formula is C14H20N2O2. The van der Waals surface area contributed by atoms with Crippen LogP contribution in [0.4, 0.5) is 0 Å². The number of methoxy groups -OCH3 is 1. The van der Waals surface area contributed by atoms with Gasteiger partial charge in [-0.1, -0.05) is 18.2 Å².